The molecule has 0 aliphatic carbocycles. The van der Waals surface area contributed by atoms with Crippen molar-refractivity contribution in [1.29, 1.82) is 0 Å². The van der Waals surface area contributed by atoms with E-state index in [9.17, 15) is 0 Å². The molecule has 0 saturated heterocycles. The van der Waals surface area contributed by atoms with Crippen LogP contribution < -0.4 is 5.32 Å². The second-order valence-electron chi connectivity index (χ2n) is 6.45. The van der Waals surface area contributed by atoms with Crippen LogP contribution in [0.15, 0.2) is 63.5 Å². The molecule has 0 fully saturated rings. The number of hydrogen-bond acceptors (Lipinski definition) is 6. The summed E-state index contributed by atoms with van der Waals surface area (Å²) in [6.07, 6.45) is 0. The quantitative estimate of drug-likeness (QED) is 0.484. The first-order valence-corrected chi connectivity index (χ1v) is 9.33. The van der Waals surface area contributed by atoms with Crippen molar-refractivity contribution in [3.05, 3.63) is 76.8 Å². The van der Waals surface area contributed by atoms with E-state index in [-0.39, 0.29) is 6.04 Å². The third-order valence-corrected chi connectivity index (χ3v) is 4.87. The van der Waals surface area contributed by atoms with Gasteiger partial charge in [0.25, 0.3) is 5.89 Å². The average Bonchev–Trinajstić information content (AvgIpc) is 3.33. The number of aryl methyl sites for hydroxylation is 1. The Morgan fingerprint density at radius 3 is 2.57 bits per heavy atom. The number of aromatic nitrogens is 3. The van der Waals surface area contributed by atoms with Crippen molar-refractivity contribution in [1.82, 2.24) is 20.7 Å². The summed E-state index contributed by atoms with van der Waals surface area (Å²) in [6, 6.07) is 17.6. The van der Waals surface area contributed by atoms with Crippen LogP contribution in [0, 0.1) is 6.92 Å². The van der Waals surface area contributed by atoms with Crippen molar-refractivity contribution in [2.75, 3.05) is 0 Å². The van der Waals surface area contributed by atoms with Gasteiger partial charge in [0.2, 0.25) is 5.89 Å². The lowest BCUT2D eigenvalue weighted by Gasteiger charge is -2.14. The molecule has 2 aromatic carbocycles. The lowest BCUT2D eigenvalue weighted by molar-refractivity contribution is 0.399. The SMILES string of the molecule is Cc1onc(-c2ccccc2)c1-c1nnc(CNC(C)c2ccccc2Cl)o1. The average molecular weight is 395 g/mol. The molecule has 0 radical (unpaired) electrons. The minimum Gasteiger partial charge on any atom is -0.419 e. The lowest BCUT2D eigenvalue weighted by Crippen LogP contribution is -2.18. The van der Waals surface area contributed by atoms with Crippen LogP contribution in [0.25, 0.3) is 22.7 Å². The number of nitrogens with one attached hydrogen (secondary N) is 1. The Hall–Kier alpha value is -2.96. The molecule has 0 amide bonds. The van der Waals surface area contributed by atoms with Crippen LogP contribution in [-0.2, 0) is 6.54 Å². The highest BCUT2D eigenvalue weighted by Crippen LogP contribution is 2.33. The van der Waals surface area contributed by atoms with Gasteiger partial charge in [-0.25, -0.2) is 0 Å². The standard InChI is InChI=1S/C21H19ClN4O2/c1-13(16-10-6-7-11-17(16)22)23-12-18-24-25-21(27-18)19-14(2)28-26-20(19)15-8-4-3-5-9-15/h3-11,13,23H,12H2,1-2H3. The number of halogens is 1. The third-order valence-electron chi connectivity index (χ3n) is 4.52. The second-order valence-corrected chi connectivity index (χ2v) is 6.86. The molecule has 28 heavy (non-hydrogen) atoms. The molecule has 4 aromatic rings. The van der Waals surface area contributed by atoms with Gasteiger partial charge < -0.3 is 14.3 Å². The summed E-state index contributed by atoms with van der Waals surface area (Å²) in [5, 5.41) is 16.6. The van der Waals surface area contributed by atoms with Gasteiger partial charge in [-0.2, -0.15) is 0 Å². The summed E-state index contributed by atoms with van der Waals surface area (Å²) in [4.78, 5) is 0. The van der Waals surface area contributed by atoms with E-state index in [4.69, 9.17) is 20.5 Å². The zero-order chi connectivity index (χ0) is 19.5. The third kappa shape index (κ3) is 3.69. The summed E-state index contributed by atoms with van der Waals surface area (Å²) in [6.45, 7) is 4.29. The lowest BCUT2D eigenvalue weighted by atomic mass is 10.1. The summed E-state index contributed by atoms with van der Waals surface area (Å²) in [5.74, 6) is 1.50. The van der Waals surface area contributed by atoms with E-state index < -0.39 is 0 Å². The van der Waals surface area contributed by atoms with Crippen molar-refractivity contribution in [3.8, 4) is 22.7 Å². The van der Waals surface area contributed by atoms with Crippen LogP contribution in [0.5, 0.6) is 0 Å². The first-order chi connectivity index (χ1) is 13.6. The maximum absolute atomic E-state index is 6.26. The second kappa shape index (κ2) is 7.96. The molecule has 142 valence electrons. The van der Waals surface area contributed by atoms with Crippen LogP contribution in [0.3, 0.4) is 0 Å². The van der Waals surface area contributed by atoms with Crippen molar-refractivity contribution in [3.63, 3.8) is 0 Å². The highest BCUT2D eigenvalue weighted by atomic mass is 35.5. The van der Waals surface area contributed by atoms with Crippen molar-refractivity contribution >= 4 is 11.6 Å². The molecule has 0 aliphatic rings. The Labute approximate surface area is 167 Å². The highest BCUT2D eigenvalue weighted by molar-refractivity contribution is 6.31. The predicted octanol–water partition coefficient (Wildman–Crippen LogP) is 5.20. The monoisotopic (exact) mass is 394 g/mol. The van der Waals surface area contributed by atoms with Gasteiger partial charge in [0, 0.05) is 16.6 Å². The summed E-state index contributed by atoms with van der Waals surface area (Å²) < 4.78 is 11.2. The largest absolute Gasteiger partial charge is 0.419 e. The first-order valence-electron chi connectivity index (χ1n) is 8.95. The van der Waals surface area contributed by atoms with Crippen LogP contribution in [0.2, 0.25) is 5.02 Å². The minimum absolute atomic E-state index is 0.0428. The van der Waals surface area contributed by atoms with Gasteiger partial charge in [0.1, 0.15) is 17.0 Å². The molecule has 1 unspecified atom stereocenters. The summed E-state index contributed by atoms with van der Waals surface area (Å²) >= 11 is 6.26. The molecule has 0 bridgehead atoms. The zero-order valence-corrected chi connectivity index (χ0v) is 16.3. The molecular formula is C21H19ClN4O2. The zero-order valence-electron chi connectivity index (χ0n) is 15.5. The molecule has 0 aliphatic heterocycles. The van der Waals surface area contributed by atoms with E-state index in [1.54, 1.807) is 0 Å². The number of nitrogens with zero attached hydrogens (tertiary/aromatic N) is 3. The van der Waals surface area contributed by atoms with Crippen LogP contribution in [0.1, 0.15) is 30.2 Å². The number of hydrogen-bond donors (Lipinski definition) is 1. The van der Waals surface area contributed by atoms with Gasteiger partial charge in [0.05, 0.1) is 6.54 Å². The highest BCUT2D eigenvalue weighted by Gasteiger charge is 2.22. The molecule has 6 nitrogen and oxygen atoms in total. The maximum atomic E-state index is 6.26. The molecule has 0 saturated carbocycles. The van der Waals surface area contributed by atoms with E-state index >= 15 is 0 Å². The summed E-state index contributed by atoms with van der Waals surface area (Å²) in [7, 11) is 0. The molecule has 1 atom stereocenters. The fourth-order valence-electron chi connectivity index (χ4n) is 3.02. The summed E-state index contributed by atoms with van der Waals surface area (Å²) in [5.41, 5.74) is 3.35. The van der Waals surface area contributed by atoms with E-state index in [1.165, 1.54) is 0 Å². The Bertz CT molecular complexity index is 1070. The van der Waals surface area contributed by atoms with Gasteiger partial charge in [-0.15, -0.1) is 10.2 Å². The van der Waals surface area contributed by atoms with Gasteiger partial charge in [-0.3, -0.25) is 0 Å². The Morgan fingerprint density at radius 2 is 1.79 bits per heavy atom. The minimum atomic E-state index is 0.0428. The molecular weight excluding hydrogens is 376 g/mol. The molecule has 2 aromatic heterocycles. The van der Waals surface area contributed by atoms with Gasteiger partial charge >= 0.3 is 0 Å². The van der Waals surface area contributed by atoms with Crippen molar-refractivity contribution in [2.45, 2.75) is 26.4 Å². The van der Waals surface area contributed by atoms with E-state index in [0.717, 1.165) is 16.1 Å². The van der Waals surface area contributed by atoms with Crippen LogP contribution in [-0.4, -0.2) is 15.4 Å². The Balaban J connectivity index is 1.53. The molecule has 7 heteroatoms. The normalized spacial score (nSPS) is 12.2. The maximum Gasteiger partial charge on any atom is 0.253 e. The van der Waals surface area contributed by atoms with Crippen LogP contribution >= 0.6 is 11.6 Å². The van der Waals surface area contributed by atoms with Gasteiger partial charge in [-0.1, -0.05) is 65.3 Å². The molecule has 2 heterocycles. The van der Waals surface area contributed by atoms with E-state index in [0.29, 0.717) is 35.3 Å². The Morgan fingerprint density at radius 1 is 1.04 bits per heavy atom. The van der Waals surface area contributed by atoms with E-state index in [1.807, 2.05) is 68.4 Å². The molecule has 0 spiro atoms. The van der Waals surface area contributed by atoms with Crippen molar-refractivity contribution in [2.24, 2.45) is 0 Å². The molecule has 4 rings (SSSR count). The predicted molar refractivity (Wildman–Crippen MR) is 107 cm³/mol. The van der Waals surface area contributed by atoms with Crippen molar-refractivity contribution < 1.29 is 8.94 Å². The Kier molecular flexibility index (Phi) is 5.23. The van der Waals surface area contributed by atoms with Gasteiger partial charge in [-0.05, 0) is 25.5 Å². The fraction of sp³-hybridized carbons (Fsp3) is 0.190. The van der Waals surface area contributed by atoms with E-state index in [2.05, 4.69) is 20.7 Å². The number of benzene rings is 2. The fourth-order valence-corrected chi connectivity index (χ4v) is 3.32. The number of rotatable bonds is 6. The smallest absolute Gasteiger partial charge is 0.253 e. The molecule has 1 N–H and O–H groups in total. The topological polar surface area (TPSA) is 77.0 Å². The van der Waals surface area contributed by atoms with Gasteiger partial charge in [0.15, 0.2) is 0 Å². The van der Waals surface area contributed by atoms with Crippen LogP contribution in [0.4, 0.5) is 0 Å². The first kappa shape index (κ1) is 18.4.